The largest absolute Gasteiger partial charge is 0.466 e. The molecule has 0 spiro atoms. The second kappa shape index (κ2) is 4.98. The van der Waals surface area contributed by atoms with E-state index < -0.39 is 5.54 Å². The molecular formula is C16H23N3O2. The van der Waals surface area contributed by atoms with Gasteiger partial charge in [0.15, 0.2) is 5.82 Å². The molecule has 2 aromatic rings. The van der Waals surface area contributed by atoms with Crippen molar-refractivity contribution in [3.8, 4) is 11.5 Å². The van der Waals surface area contributed by atoms with E-state index in [9.17, 15) is 0 Å². The fourth-order valence-corrected chi connectivity index (χ4v) is 3.43. The number of aromatic nitrogens is 2. The Morgan fingerprint density at radius 1 is 1.24 bits per heavy atom. The zero-order chi connectivity index (χ0) is 15.2. The Hall–Kier alpha value is -1.62. The van der Waals surface area contributed by atoms with Crippen LogP contribution in [0.2, 0.25) is 0 Å². The van der Waals surface area contributed by atoms with E-state index in [0.717, 1.165) is 41.9 Å². The minimum Gasteiger partial charge on any atom is -0.466 e. The maximum atomic E-state index is 6.54. The van der Waals surface area contributed by atoms with Gasteiger partial charge in [-0.2, -0.15) is 4.98 Å². The highest BCUT2D eigenvalue weighted by Gasteiger charge is 2.37. The average molecular weight is 289 g/mol. The molecule has 0 radical (unpaired) electrons. The number of rotatable bonds is 2. The Balaban J connectivity index is 1.96. The van der Waals surface area contributed by atoms with Crippen LogP contribution in [0.1, 0.15) is 55.5 Å². The molecule has 0 aromatic carbocycles. The number of furan rings is 1. The topological polar surface area (TPSA) is 78.1 Å². The van der Waals surface area contributed by atoms with E-state index in [1.807, 2.05) is 20.8 Å². The Morgan fingerprint density at radius 2 is 2.00 bits per heavy atom. The molecule has 1 aliphatic carbocycles. The number of nitrogens with two attached hydrogens (primary N) is 1. The first-order chi connectivity index (χ1) is 9.90. The fraction of sp³-hybridized carbons (Fsp3) is 0.625. The number of hydrogen-bond acceptors (Lipinski definition) is 5. The summed E-state index contributed by atoms with van der Waals surface area (Å²) in [7, 11) is 0. The molecule has 5 nitrogen and oxygen atoms in total. The van der Waals surface area contributed by atoms with Gasteiger partial charge in [0.2, 0.25) is 0 Å². The van der Waals surface area contributed by atoms with Crippen LogP contribution < -0.4 is 5.73 Å². The van der Waals surface area contributed by atoms with Crippen molar-refractivity contribution >= 4 is 0 Å². The second-order valence-corrected chi connectivity index (χ2v) is 6.50. The molecule has 114 valence electrons. The Labute approximate surface area is 124 Å². The molecule has 0 aliphatic heterocycles. The van der Waals surface area contributed by atoms with E-state index in [0.29, 0.717) is 17.6 Å². The lowest BCUT2D eigenvalue weighted by Gasteiger charge is -2.33. The molecule has 21 heavy (non-hydrogen) atoms. The summed E-state index contributed by atoms with van der Waals surface area (Å²) in [5.41, 5.74) is 8.03. The number of hydrogen-bond donors (Lipinski definition) is 1. The van der Waals surface area contributed by atoms with Gasteiger partial charge in [-0.25, -0.2) is 0 Å². The van der Waals surface area contributed by atoms with E-state index in [-0.39, 0.29) is 0 Å². The van der Waals surface area contributed by atoms with Crippen LogP contribution in [-0.4, -0.2) is 10.1 Å². The maximum absolute atomic E-state index is 6.54. The summed E-state index contributed by atoms with van der Waals surface area (Å²) in [5, 5.41) is 4.16. The van der Waals surface area contributed by atoms with Crippen molar-refractivity contribution in [3.05, 3.63) is 22.9 Å². The Morgan fingerprint density at radius 3 is 2.62 bits per heavy atom. The fourth-order valence-electron chi connectivity index (χ4n) is 3.43. The highest BCUT2D eigenvalue weighted by molar-refractivity contribution is 5.61. The van der Waals surface area contributed by atoms with Crippen LogP contribution in [0.25, 0.3) is 11.5 Å². The van der Waals surface area contributed by atoms with Gasteiger partial charge in [0.05, 0.1) is 11.1 Å². The highest BCUT2D eigenvalue weighted by Crippen LogP contribution is 2.38. The molecule has 3 rings (SSSR count). The molecule has 2 N–H and O–H groups in total. The van der Waals surface area contributed by atoms with Gasteiger partial charge < -0.3 is 14.7 Å². The molecular weight excluding hydrogens is 266 g/mol. The van der Waals surface area contributed by atoms with Crippen LogP contribution in [0.15, 0.2) is 8.94 Å². The number of nitrogens with zero attached hydrogens (tertiary/aromatic N) is 2. The van der Waals surface area contributed by atoms with Crippen molar-refractivity contribution in [2.24, 2.45) is 11.7 Å². The van der Waals surface area contributed by atoms with Crippen LogP contribution >= 0.6 is 0 Å². The van der Waals surface area contributed by atoms with Gasteiger partial charge in [-0.05, 0) is 39.5 Å². The molecule has 1 fully saturated rings. The normalized spacial score (nSPS) is 26.2. The van der Waals surface area contributed by atoms with Gasteiger partial charge >= 0.3 is 0 Å². The second-order valence-electron chi connectivity index (χ2n) is 6.50. The quantitative estimate of drug-likeness (QED) is 0.913. The number of aryl methyl sites for hydroxylation is 2. The molecule has 0 bridgehead atoms. The Kier molecular flexibility index (Phi) is 3.40. The summed E-state index contributed by atoms with van der Waals surface area (Å²) >= 11 is 0. The van der Waals surface area contributed by atoms with Crippen LogP contribution in [0, 0.1) is 26.7 Å². The van der Waals surface area contributed by atoms with E-state index in [4.69, 9.17) is 14.7 Å². The summed E-state index contributed by atoms with van der Waals surface area (Å²) in [4.78, 5) is 4.58. The van der Waals surface area contributed by atoms with Crippen molar-refractivity contribution in [2.75, 3.05) is 0 Å². The van der Waals surface area contributed by atoms with E-state index >= 15 is 0 Å². The molecule has 2 aromatic heterocycles. The predicted molar refractivity (Wildman–Crippen MR) is 79.7 cm³/mol. The first kappa shape index (κ1) is 14.3. The van der Waals surface area contributed by atoms with Gasteiger partial charge in [0.25, 0.3) is 5.89 Å². The van der Waals surface area contributed by atoms with Crippen molar-refractivity contribution in [1.29, 1.82) is 0 Å². The van der Waals surface area contributed by atoms with Crippen molar-refractivity contribution in [3.63, 3.8) is 0 Å². The molecule has 2 heterocycles. The van der Waals surface area contributed by atoms with Crippen LogP contribution in [-0.2, 0) is 5.54 Å². The van der Waals surface area contributed by atoms with Gasteiger partial charge in [-0.15, -0.1) is 0 Å². The van der Waals surface area contributed by atoms with Crippen LogP contribution in [0.5, 0.6) is 0 Å². The zero-order valence-corrected chi connectivity index (χ0v) is 13.2. The van der Waals surface area contributed by atoms with Gasteiger partial charge in [0.1, 0.15) is 11.5 Å². The summed E-state index contributed by atoms with van der Waals surface area (Å²) in [6.07, 6.45) is 4.17. The molecule has 5 heteroatoms. The molecule has 1 saturated carbocycles. The lowest BCUT2D eigenvalue weighted by molar-refractivity contribution is 0.222. The lowest BCUT2D eigenvalue weighted by Crippen LogP contribution is -2.42. The predicted octanol–water partition coefficient (Wildman–Crippen LogP) is 3.62. The van der Waals surface area contributed by atoms with E-state index in [1.54, 1.807) is 0 Å². The van der Waals surface area contributed by atoms with Gasteiger partial charge in [-0.1, -0.05) is 24.9 Å². The Bertz CT molecular complexity index is 659. The SMILES string of the molecule is Cc1oc(C)c(-c2nc(C3(N)CCCC(C)C3)no2)c1C. The standard InChI is InChI=1S/C16H23N3O2/c1-9-6-5-7-16(17,8-9)15-18-14(21-19-15)13-10(2)11(3)20-12(13)4/h9H,5-8,17H2,1-4H3. The third kappa shape index (κ3) is 2.39. The summed E-state index contributed by atoms with van der Waals surface area (Å²) in [5.74, 6) is 3.44. The van der Waals surface area contributed by atoms with E-state index in [2.05, 4.69) is 17.1 Å². The van der Waals surface area contributed by atoms with Crippen molar-refractivity contribution in [2.45, 2.75) is 58.9 Å². The van der Waals surface area contributed by atoms with Crippen LogP contribution in [0.3, 0.4) is 0 Å². The lowest BCUT2D eigenvalue weighted by atomic mass is 9.76. The molecule has 2 atom stereocenters. The molecule has 1 aliphatic rings. The summed E-state index contributed by atoms with van der Waals surface area (Å²) in [6, 6.07) is 0. The highest BCUT2D eigenvalue weighted by atomic mass is 16.5. The van der Waals surface area contributed by atoms with Crippen LogP contribution in [0.4, 0.5) is 0 Å². The zero-order valence-electron chi connectivity index (χ0n) is 13.2. The minimum atomic E-state index is -0.458. The van der Waals surface area contributed by atoms with E-state index in [1.165, 1.54) is 6.42 Å². The maximum Gasteiger partial charge on any atom is 0.261 e. The third-order valence-corrected chi connectivity index (χ3v) is 4.68. The molecule has 2 unspecified atom stereocenters. The average Bonchev–Trinajstić information content (AvgIpc) is 2.96. The minimum absolute atomic E-state index is 0.458. The first-order valence-corrected chi connectivity index (χ1v) is 7.61. The van der Waals surface area contributed by atoms with Gasteiger partial charge in [-0.3, -0.25) is 0 Å². The molecule has 0 amide bonds. The van der Waals surface area contributed by atoms with Crippen molar-refractivity contribution < 1.29 is 8.94 Å². The first-order valence-electron chi connectivity index (χ1n) is 7.61. The molecule has 0 saturated heterocycles. The third-order valence-electron chi connectivity index (χ3n) is 4.68. The van der Waals surface area contributed by atoms with Crippen molar-refractivity contribution in [1.82, 2.24) is 10.1 Å². The summed E-state index contributed by atoms with van der Waals surface area (Å²) in [6.45, 7) is 8.10. The smallest absolute Gasteiger partial charge is 0.261 e. The van der Waals surface area contributed by atoms with Gasteiger partial charge in [0, 0.05) is 5.56 Å². The monoisotopic (exact) mass is 289 g/mol. The summed E-state index contributed by atoms with van der Waals surface area (Å²) < 4.78 is 11.1.